The van der Waals surface area contributed by atoms with E-state index in [1.165, 1.54) is 0 Å². The Morgan fingerprint density at radius 1 is 1.45 bits per heavy atom. The Balaban J connectivity index is 0.000000605. The van der Waals surface area contributed by atoms with Gasteiger partial charge in [-0.25, -0.2) is 0 Å². The van der Waals surface area contributed by atoms with Gasteiger partial charge in [-0.15, -0.1) is 12.4 Å². The molecule has 2 N–H and O–H groups in total. The van der Waals surface area contributed by atoms with E-state index in [2.05, 4.69) is 0 Å². The van der Waals surface area contributed by atoms with Crippen LogP contribution in [0.4, 0.5) is 0 Å². The van der Waals surface area contributed by atoms with Crippen LogP contribution in [-0.4, -0.2) is 18.1 Å². The monoisotopic (exact) mass is 177 g/mol. The maximum atomic E-state index is 11.0. The van der Waals surface area contributed by atoms with Crippen LogP contribution in [0.25, 0.3) is 0 Å². The molecular formula is C7H12ClNO2. The van der Waals surface area contributed by atoms with E-state index in [1.54, 1.807) is 0 Å². The molecule has 0 unspecified atom stereocenters. The van der Waals surface area contributed by atoms with Crippen LogP contribution in [0, 0.1) is 5.92 Å². The summed E-state index contributed by atoms with van der Waals surface area (Å²) >= 11 is 0. The Hall–Kier alpha value is -0.280. The highest BCUT2D eigenvalue weighted by Crippen LogP contribution is 2.32. The van der Waals surface area contributed by atoms with E-state index < -0.39 is 0 Å². The number of esters is 1. The fraction of sp³-hybridized carbons (Fsp3) is 0.857. The minimum atomic E-state index is -0.0741. The Bertz CT molecular complexity index is 174. The summed E-state index contributed by atoms with van der Waals surface area (Å²) in [5.74, 6) is -0.0613. The van der Waals surface area contributed by atoms with E-state index in [0.29, 0.717) is 0 Å². The summed E-state index contributed by atoms with van der Waals surface area (Å²) < 4.78 is 5.03. The predicted molar refractivity (Wildman–Crippen MR) is 42.4 cm³/mol. The van der Waals surface area contributed by atoms with Gasteiger partial charge in [0.15, 0.2) is 0 Å². The van der Waals surface area contributed by atoms with Crippen molar-refractivity contribution in [3.05, 3.63) is 0 Å². The van der Waals surface area contributed by atoms with Crippen LogP contribution in [0.3, 0.4) is 0 Å². The fourth-order valence-corrected chi connectivity index (χ4v) is 1.83. The van der Waals surface area contributed by atoms with E-state index in [-0.39, 0.29) is 36.4 Å². The van der Waals surface area contributed by atoms with Crippen LogP contribution >= 0.6 is 12.4 Å². The van der Waals surface area contributed by atoms with Gasteiger partial charge in [0.25, 0.3) is 0 Å². The summed E-state index contributed by atoms with van der Waals surface area (Å²) in [7, 11) is 0. The first-order valence-electron chi connectivity index (χ1n) is 3.75. The van der Waals surface area contributed by atoms with E-state index in [0.717, 1.165) is 19.3 Å². The number of hydrogen-bond acceptors (Lipinski definition) is 3. The lowest BCUT2D eigenvalue weighted by Gasteiger charge is -2.20. The Morgan fingerprint density at radius 2 is 2.18 bits per heavy atom. The first kappa shape index (κ1) is 8.81. The fourth-order valence-electron chi connectivity index (χ4n) is 1.83. The normalized spacial score (nSPS) is 41.2. The zero-order valence-corrected chi connectivity index (χ0v) is 6.97. The summed E-state index contributed by atoms with van der Waals surface area (Å²) in [5.41, 5.74) is 5.73. The van der Waals surface area contributed by atoms with Crippen molar-refractivity contribution < 1.29 is 9.53 Å². The quantitative estimate of drug-likeness (QED) is 0.547. The molecule has 0 aromatic heterocycles. The molecule has 4 heteroatoms. The summed E-state index contributed by atoms with van der Waals surface area (Å²) in [6.07, 6.45) is 3.01. The third-order valence-electron chi connectivity index (χ3n) is 2.47. The highest BCUT2D eigenvalue weighted by molar-refractivity contribution is 5.85. The minimum Gasteiger partial charge on any atom is -0.460 e. The number of nitrogens with two attached hydrogens (primary N) is 1. The Kier molecular flexibility index (Phi) is 2.40. The molecule has 11 heavy (non-hydrogen) atoms. The molecule has 2 rings (SSSR count). The molecule has 1 saturated carbocycles. The second-order valence-corrected chi connectivity index (χ2v) is 3.09. The van der Waals surface area contributed by atoms with Crippen LogP contribution in [0.2, 0.25) is 0 Å². The molecule has 0 aromatic rings. The molecule has 3 atom stereocenters. The summed E-state index contributed by atoms with van der Waals surface area (Å²) in [4.78, 5) is 11.0. The van der Waals surface area contributed by atoms with Crippen molar-refractivity contribution in [1.82, 2.24) is 0 Å². The lowest BCUT2D eigenvalue weighted by molar-refractivity contribution is -0.143. The molecule has 0 aromatic carbocycles. The van der Waals surface area contributed by atoms with Gasteiger partial charge in [0.05, 0.1) is 12.0 Å². The molecule has 3 nitrogen and oxygen atoms in total. The molecular weight excluding hydrogens is 166 g/mol. The molecule has 1 aliphatic heterocycles. The van der Waals surface area contributed by atoms with E-state index in [9.17, 15) is 4.79 Å². The number of carbonyl (C=O) groups is 1. The van der Waals surface area contributed by atoms with Gasteiger partial charge in [0.2, 0.25) is 0 Å². The van der Waals surface area contributed by atoms with Crippen LogP contribution in [0.1, 0.15) is 19.3 Å². The van der Waals surface area contributed by atoms with Crippen molar-refractivity contribution in [3.8, 4) is 0 Å². The third kappa shape index (κ3) is 1.23. The van der Waals surface area contributed by atoms with Gasteiger partial charge < -0.3 is 10.5 Å². The number of carbonyl (C=O) groups excluding carboxylic acids is 1. The van der Waals surface area contributed by atoms with Gasteiger partial charge in [0, 0.05) is 0 Å². The van der Waals surface area contributed by atoms with Gasteiger partial charge in [-0.3, -0.25) is 4.79 Å². The number of rotatable bonds is 0. The SMILES string of the molecule is Cl.N[C@H]1[C@H]2CCC[C@H]1C(=O)O2. The zero-order chi connectivity index (χ0) is 7.14. The topological polar surface area (TPSA) is 52.3 Å². The molecule has 1 heterocycles. The Morgan fingerprint density at radius 3 is 2.73 bits per heavy atom. The average molecular weight is 178 g/mol. The standard InChI is InChI=1S/C7H11NO2.ClH/c8-6-4-2-1-3-5(6)10-7(4)9;/h4-6H,1-3,8H2;1H/t4-,5-,6-;/m1./s1. The maximum absolute atomic E-state index is 11.0. The number of hydrogen-bond donors (Lipinski definition) is 1. The number of ether oxygens (including phenoxy) is 1. The number of fused-ring (bicyclic) bond motifs is 2. The molecule has 0 radical (unpaired) electrons. The molecule has 2 fully saturated rings. The van der Waals surface area contributed by atoms with Gasteiger partial charge >= 0.3 is 5.97 Å². The molecule has 1 aliphatic carbocycles. The van der Waals surface area contributed by atoms with E-state index >= 15 is 0 Å². The van der Waals surface area contributed by atoms with Crippen LogP contribution in [-0.2, 0) is 9.53 Å². The van der Waals surface area contributed by atoms with Crippen LogP contribution in [0.15, 0.2) is 0 Å². The molecule has 0 spiro atoms. The lowest BCUT2D eigenvalue weighted by Crippen LogP contribution is -2.38. The highest BCUT2D eigenvalue weighted by atomic mass is 35.5. The molecule has 64 valence electrons. The first-order chi connectivity index (χ1) is 4.79. The molecule has 2 aliphatic rings. The van der Waals surface area contributed by atoms with Gasteiger partial charge in [-0.1, -0.05) is 0 Å². The number of halogens is 1. The molecule has 1 saturated heterocycles. The van der Waals surface area contributed by atoms with Crippen molar-refractivity contribution in [3.63, 3.8) is 0 Å². The van der Waals surface area contributed by atoms with Crippen LogP contribution in [0.5, 0.6) is 0 Å². The van der Waals surface area contributed by atoms with Crippen LogP contribution < -0.4 is 5.73 Å². The van der Waals surface area contributed by atoms with E-state index in [1.807, 2.05) is 0 Å². The lowest BCUT2D eigenvalue weighted by atomic mass is 9.86. The summed E-state index contributed by atoms with van der Waals surface area (Å²) in [6, 6.07) is -0.0127. The smallest absolute Gasteiger partial charge is 0.310 e. The predicted octanol–water partition coefficient (Wildman–Crippen LogP) is 0.461. The third-order valence-corrected chi connectivity index (χ3v) is 2.47. The largest absolute Gasteiger partial charge is 0.460 e. The second-order valence-electron chi connectivity index (χ2n) is 3.09. The second kappa shape index (κ2) is 2.99. The molecule has 2 bridgehead atoms. The Labute approximate surface area is 71.7 Å². The minimum absolute atomic E-state index is 0. The van der Waals surface area contributed by atoms with Crippen molar-refractivity contribution in [1.29, 1.82) is 0 Å². The van der Waals surface area contributed by atoms with Gasteiger partial charge in [-0.2, -0.15) is 0 Å². The van der Waals surface area contributed by atoms with Gasteiger partial charge in [-0.05, 0) is 19.3 Å². The highest BCUT2D eigenvalue weighted by Gasteiger charge is 2.44. The van der Waals surface area contributed by atoms with E-state index in [4.69, 9.17) is 10.5 Å². The van der Waals surface area contributed by atoms with Crippen molar-refractivity contribution in [2.45, 2.75) is 31.4 Å². The molecule has 0 amide bonds. The maximum Gasteiger partial charge on any atom is 0.310 e. The van der Waals surface area contributed by atoms with Crippen molar-refractivity contribution in [2.75, 3.05) is 0 Å². The zero-order valence-electron chi connectivity index (χ0n) is 6.16. The van der Waals surface area contributed by atoms with Crippen molar-refractivity contribution in [2.24, 2.45) is 11.7 Å². The average Bonchev–Trinajstić information content (AvgIpc) is 2.16. The van der Waals surface area contributed by atoms with Gasteiger partial charge in [0.1, 0.15) is 6.10 Å². The summed E-state index contributed by atoms with van der Waals surface area (Å²) in [6.45, 7) is 0. The first-order valence-corrected chi connectivity index (χ1v) is 3.75. The summed E-state index contributed by atoms with van der Waals surface area (Å²) in [5, 5.41) is 0. The van der Waals surface area contributed by atoms with Crippen molar-refractivity contribution >= 4 is 18.4 Å².